The molecule has 7 aromatic carbocycles. The van der Waals surface area contributed by atoms with Crippen LogP contribution >= 0.6 is 11.3 Å². The highest BCUT2D eigenvalue weighted by atomic mass is 32.1. The number of thiophene rings is 1. The molecule has 234 valence electrons. The third-order valence-corrected chi connectivity index (χ3v) is 10.9. The molecule has 3 aromatic heterocycles. The topological polar surface area (TPSA) is 17.8 Å². The Labute approximate surface area is 294 Å². The summed E-state index contributed by atoms with van der Waals surface area (Å²) < 4.78 is 5.07. The smallest absolute Gasteiger partial charge is 0.0716 e. The van der Waals surface area contributed by atoms with E-state index in [1.807, 2.05) is 11.3 Å². The second-order valence-electron chi connectivity index (χ2n) is 12.8. The molecule has 0 aliphatic heterocycles. The Morgan fingerprint density at radius 2 is 0.880 bits per heavy atom. The summed E-state index contributed by atoms with van der Waals surface area (Å²) in [5.41, 5.74) is 12.3. The molecule has 2 nitrogen and oxygen atoms in total. The van der Waals surface area contributed by atoms with Crippen LogP contribution in [0.3, 0.4) is 0 Å². The SMILES string of the molecule is c1ccc(-c2cc(-c3ccccc3)nc(-c3ccc4c5ccc(-c6ccccc6)cc5n(-c5ccc6sc7ccccc7c6c5)c4c3)c2)cc1. The fourth-order valence-corrected chi connectivity index (χ4v) is 8.44. The van der Waals surface area contributed by atoms with E-state index in [0.29, 0.717) is 0 Å². The van der Waals surface area contributed by atoms with Gasteiger partial charge in [0.15, 0.2) is 0 Å². The predicted octanol–water partition coefficient (Wildman–Crippen LogP) is 13.2. The molecule has 3 heteroatoms. The molecule has 0 saturated carbocycles. The fraction of sp³-hybridized carbons (Fsp3) is 0. The lowest BCUT2D eigenvalue weighted by molar-refractivity contribution is 1.19. The second-order valence-corrected chi connectivity index (χ2v) is 13.9. The molecule has 0 unspecified atom stereocenters. The van der Waals surface area contributed by atoms with Crippen molar-refractivity contribution < 1.29 is 0 Å². The van der Waals surface area contributed by atoms with E-state index >= 15 is 0 Å². The third kappa shape index (κ3) is 4.82. The van der Waals surface area contributed by atoms with Crippen molar-refractivity contribution in [2.24, 2.45) is 0 Å². The van der Waals surface area contributed by atoms with E-state index in [4.69, 9.17) is 4.98 Å². The molecule has 10 rings (SSSR count). The van der Waals surface area contributed by atoms with Crippen molar-refractivity contribution in [3.05, 3.63) is 182 Å². The number of hydrogen-bond acceptors (Lipinski definition) is 2. The van der Waals surface area contributed by atoms with Crippen LogP contribution in [0.1, 0.15) is 0 Å². The quantitative estimate of drug-likeness (QED) is 0.181. The summed E-state index contributed by atoms with van der Waals surface area (Å²) in [6.07, 6.45) is 0. The van der Waals surface area contributed by atoms with Crippen LogP contribution in [-0.2, 0) is 0 Å². The van der Waals surface area contributed by atoms with E-state index in [-0.39, 0.29) is 0 Å². The van der Waals surface area contributed by atoms with Gasteiger partial charge in [0.05, 0.1) is 22.4 Å². The lowest BCUT2D eigenvalue weighted by Gasteiger charge is -2.12. The van der Waals surface area contributed by atoms with E-state index < -0.39 is 0 Å². The van der Waals surface area contributed by atoms with Crippen LogP contribution in [0.2, 0.25) is 0 Å². The van der Waals surface area contributed by atoms with Crippen LogP contribution in [-0.4, -0.2) is 9.55 Å². The fourth-order valence-electron chi connectivity index (χ4n) is 7.35. The van der Waals surface area contributed by atoms with Crippen LogP contribution in [0.15, 0.2) is 182 Å². The number of nitrogens with zero attached hydrogens (tertiary/aromatic N) is 2. The minimum atomic E-state index is 0.952. The maximum Gasteiger partial charge on any atom is 0.0716 e. The summed E-state index contributed by atoms with van der Waals surface area (Å²) >= 11 is 1.86. The monoisotopic (exact) mass is 654 g/mol. The van der Waals surface area contributed by atoms with Gasteiger partial charge in [0.25, 0.3) is 0 Å². The van der Waals surface area contributed by atoms with Gasteiger partial charge in [-0.25, -0.2) is 4.98 Å². The highest BCUT2D eigenvalue weighted by molar-refractivity contribution is 7.25. The normalized spacial score (nSPS) is 11.6. The molecule has 0 radical (unpaired) electrons. The summed E-state index contributed by atoms with van der Waals surface area (Å²) in [6, 6.07) is 65.6. The molecule has 0 aliphatic carbocycles. The van der Waals surface area contributed by atoms with Gasteiger partial charge < -0.3 is 4.57 Å². The molecule has 0 fully saturated rings. The van der Waals surface area contributed by atoms with Crippen molar-refractivity contribution in [3.8, 4) is 50.5 Å². The molecule has 0 bridgehead atoms. The molecule has 0 N–H and O–H groups in total. The molecule has 0 amide bonds. The van der Waals surface area contributed by atoms with Gasteiger partial charge in [-0.1, -0.05) is 133 Å². The number of pyridine rings is 1. The van der Waals surface area contributed by atoms with E-state index in [0.717, 1.165) is 39.3 Å². The zero-order valence-corrected chi connectivity index (χ0v) is 27.9. The average molecular weight is 655 g/mol. The Hall–Kier alpha value is -6.29. The van der Waals surface area contributed by atoms with Crippen molar-refractivity contribution in [2.75, 3.05) is 0 Å². The number of fused-ring (bicyclic) bond motifs is 6. The van der Waals surface area contributed by atoms with Gasteiger partial charge in [-0.15, -0.1) is 11.3 Å². The highest BCUT2D eigenvalue weighted by Gasteiger charge is 2.17. The third-order valence-electron chi connectivity index (χ3n) is 9.79. The van der Waals surface area contributed by atoms with Gasteiger partial charge in [0, 0.05) is 47.8 Å². The number of rotatable bonds is 5. The number of aromatic nitrogens is 2. The van der Waals surface area contributed by atoms with E-state index in [1.54, 1.807) is 0 Å². The van der Waals surface area contributed by atoms with Gasteiger partial charge in [0.2, 0.25) is 0 Å². The van der Waals surface area contributed by atoms with E-state index in [2.05, 4.69) is 187 Å². The van der Waals surface area contributed by atoms with E-state index in [1.165, 1.54) is 53.2 Å². The van der Waals surface area contributed by atoms with Crippen LogP contribution in [0.5, 0.6) is 0 Å². The van der Waals surface area contributed by atoms with Crippen molar-refractivity contribution in [1.82, 2.24) is 9.55 Å². The van der Waals surface area contributed by atoms with Crippen LogP contribution in [0.4, 0.5) is 0 Å². The summed E-state index contributed by atoms with van der Waals surface area (Å²) in [7, 11) is 0. The first kappa shape index (κ1) is 28.7. The zero-order valence-electron chi connectivity index (χ0n) is 27.1. The van der Waals surface area contributed by atoms with Gasteiger partial charge >= 0.3 is 0 Å². The zero-order chi connectivity index (χ0) is 33.0. The first-order valence-corrected chi connectivity index (χ1v) is 17.8. The molecular weight excluding hydrogens is 625 g/mol. The standard InChI is InChI=1S/C47H30N2S/c1-4-12-31(13-5-1)34-20-23-38-39-24-21-35(43-27-36(32-14-6-2-7-15-32)26-42(48-43)33-16-8-3-9-17-33)29-45(39)49(44(38)28-34)37-22-25-47-41(30-37)40-18-10-11-19-46(40)50-47/h1-30H. The molecule has 0 aliphatic rings. The summed E-state index contributed by atoms with van der Waals surface area (Å²) in [6.45, 7) is 0. The lowest BCUT2D eigenvalue weighted by atomic mass is 9.99. The van der Waals surface area contributed by atoms with Crippen molar-refractivity contribution in [1.29, 1.82) is 0 Å². The van der Waals surface area contributed by atoms with Crippen molar-refractivity contribution in [2.45, 2.75) is 0 Å². The largest absolute Gasteiger partial charge is 0.309 e. The Morgan fingerprint density at radius 3 is 1.58 bits per heavy atom. The highest BCUT2D eigenvalue weighted by Crippen LogP contribution is 2.40. The van der Waals surface area contributed by atoms with Crippen LogP contribution < -0.4 is 0 Å². The van der Waals surface area contributed by atoms with E-state index in [9.17, 15) is 0 Å². The minimum Gasteiger partial charge on any atom is -0.309 e. The maximum absolute atomic E-state index is 5.28. The molecule has 10 aromatic rings. The number of benzene rings is 7. The summed E-state index contributed by atoms with van der Waals surface area (Å²) in [5, 5.41) is 5.05. The molecule has 0 saturated heterocycles. The molecule has 0 spiro atoms. The van der Waals surface area contributed by atoms with Crippen LogP contribution in [0.25, 0.3) is 92.4 Å². The Balaban J connectivity index is 1.24. The summed E-state index contributed by atoms with van der Waals surface area (Å²) in [4.78, 5) is 5.28. The Morgan fingerprint density at radius 1 is 0.340 bits per heavy atom. The lowest BCUT2D eigenvalue weighted by Crippen LogP contribution is -1.95. The Kier molecular flexibility index (Phi) is 6.71. The van der Waals surface area contributed by atoms with Gasteiger partial charge in [0.1, 0.15) is 0 Å². The van der Waals surface area contributed by atoms with Crippen LogP contribution in [0, 0.1) is 0 Å². The first-order chi connectivity index (χ1) is 24.8. The molecule has 3 heterocycles. The first-order valence-electron chi connectivity index (χ1n) is 17.0. The second kappa shape index (κ2) is 11.7. The Bertz CT molecular complexity index is 2790. The van der Waals surface area contributed by atoms with Gasteiger partial charge in [-0.05, 0) is 70.8 Å². The summed E-state index contributed by atoms with van der Waals surface area (Å²) in [5.74, 6) is 0. The minimum absolute atomic E-state index is 0.952. The van der Waals surface area contributed by atoms with Gasteiger partial charge in [-0.2, -0.15) is 0 Å². The maximum atomic E-state index is 5.28. The number of hydrogen-bond donors (Lipinski definition) is 0. The molecule has 0 atom stereocenters. The van der Waals surface area contributed by atoms with Crippen molar-refractivity contribution in [3.63, 3.8) is 0 Å². The molecular formula is C47H30N2S. The average Bonchev–Trinajstić information content (AvgIpc) is 3.73. The van der Waals surface area contributed by atoms with Gasteiger partial charge in [-0.3, -0.25) is 0 Å². The molecule has 50 heavy (non-hydrogen) atoms. The predicted molar refractivity (Wildman–Crippen MR) is 213 cm³/mol. The van der Waals surface area contributed by atoms with Crippen molar-refractivity contribution >= 4 is 53.3 Å².